The second kappa shape index (κ2) is 8.19. The van der Waals surface area contributed by atoms with Crippen LogP contribution in [0.15, 0.2) is 24.3 Å². The fourth-order valence-electron chi connectivity index (χ4n) is 2.65. The van der Waals surface area contributed by atoms with Gasteiger partial charge in [-0.2, -0.15) is 5.10 Å². The van der Waals surface area contributed by atoms with Crippen molar-refractivity contribution in [3.8, 4) is 11.3 Å². The van der Waals surface area contributed by atoms with Gasteiger partial charge in [-0.05, 0) is 55.5 Å². The number of nitrogens with zero attached hydrogens (tertiary/aromatic N) is 5. The van der Waals surface area contributed by atoms with Gasteiger partial charge < -0.3 is 9.05 Å². The summed E-state index contributed by atoms with van der Waals surface area (Å²) in [5.41, 5.74) is 2.03. The largest absolute Gasteiger partial charge is 0.383 e. The van der Waals surface area contributed by atoms with Crippen LogP contribution >= 0.6 is 30.2 Å². The molecule has 0 aliphatic carbocycles. The van der Waals surface area contributed by atoms with Crippen molar-refractivity contribution in [1.29, 1.82) is 0 Å². The number of nitro groups is 1. The van der Waals surface area contributed by atoms with Crippen molar-refractivity contribution < 1.29 is 18.5 Å². The number of nitro benzene ring substituents is 1. The molecule has 0 spiro atoms. The van der Waals surface area contributed by atoms with Crippen LogP contribution in [-0.4, -0.2) is 37.9 Å². The predicted molar refractivity (Wildman–Crippen MR) is 111 cm³/mol. The standard InChI is InChI=1S/C16H17IN5O5P/c1-4-26-28(25,27-5-2)16-14(11-6-8-12(9-7-11)22(23)24)21-15(18-19-16)13(17)10(3)20-21/h6-9H,4-5H2,1-3H3. The van der Waals surface area contributed by atoms with Gasteiger partial charge in [0.2, 0.25) is 5.44 Å². The van der Waals surface area contributed by atoms with Gasteiger partial charge in [-0.1, -0.05) is 0 Å². The van der Waals surface area contributed by atoms with E-state index in [-0.39, 0.29) is 24.3 Å². The Morgan fingerprint density at radius 1 is 1.18 bits per heavy atom. The number of halogens is 1. The Kier molecular flexibility index (Phi) is 6.08. The SMILES string of the molecule is CCOP(=O)(OCC)c1nnc2c(I)c(C)nn2c1-c1ccc([N+](=O)[O-])cc1. The molecule has 148 valence electrons. The minimum Gasteiger partial charge on any atom is -0.304 e. The van der Waals surface area contributed by atoms with Crippen LogP contribution in [0.1, 0.15) is 19.5 Å². The van der Waals surface area contributed by atoms with E-state index in [4.69, 9.17) is 9.05 Å². The van der Waals surface area contributed by atoms with Gasteiger partial charge in [-0.15, -0.1) is 10.2 Å². The first-order valence-corrected chi connectivity index (χ1v) is 11.0. The zero-order valence-electron chi connectivity index (χ0n) is 15.3. The Morgan fingerprint density at radius 3 is 2.32 bits per heavy atom. The van der Waals surface area contributed by atoms with Crippen LogP contribution in [0.5, 0.6) is 0 Å². The summed E-state index contributed by atoms with van der Waals surface area (Å²) in [4.78, 5) is 10.5. The summed E-state index contributed by atoms with van der Waals surface area (Å²) < 4.78 is 26.6. The normalized spacial score (nSPS) is 11.9. The molecule has 0 radical (unpaired) electrons. The van der Waals surface area contributed by atoms with Crippen molar-refractivity contribution in [1.82, 2.24) is 19.8 Å². The summed E-state index contributed by atoms with van der Waals surface area (Å²) in [7, 11) is -3.79. The number of aryl methyl sites for hydroxylation is 1. The summed E-state index contributed by atoms with van der Waals surface area (Å²) in [6.45, 7) is 5.51. The van der Waals surface area contributed by atoms with Gasteiger partial charge in [0.15, 0.2) is 5.65 Å². The molecule has 0 saturated heterocycles. The van der Waals surface area contributed by atoms with Crippen molar-refractivity contribution in [3.05, 3.63) is 43.6 Å². The zero-order valence-corrected chi connectivity index (χ0v) is 18.4. The van der Waals surface area contributed by atoms with Crippen LogP contribution in [-0.2, 0) is 13.6 Å². The lowest BCUT2D eigenvalue weighted by Crippen LogP contribution is -2.22. The summed E-state index contributed by atoms with van der Waals surface area (Å²) >= 11 is 2.11. The van der Waals surface area contributed by atoms with Crippen molar-refractivity contribution in [2.24, 2.45) is 0 Å². The van der Waals surface area contributed by atoms with Crippen LogP contribution in [0.3, 0.4) is 0 Å². The lowest BCUT2D eigenvalue weighted by molar-refractivity contribution is -0.384. The minimum atomic E-state index is -3.79. The van der Waals surface area contributed by atoms with Crippen LogP contribution in [0.2, 0.25) is 0 Å². The van der Waals surface area contributed by atoms with Crippen LogP contribution in [0, 0.1) is 20.6 Å². The maximum absolute atomic E-state index is 13.4. The summed E-state index contributed by atoms with van der Waals surface area (Å²) in [5.74, 6) is 0. The van der Waals surface area contributed by atoms with Crippen LogP contribution < -0.4 is 5.44 Å². The summed E-state index contributed by atoms with van der Waals surface area (Å²) in [6.07, 6.45) is 0. The van der Waals surface area contributed by atoms with E-state index < -0.39 is 12.5 Å². The Bertz CT molecular complexity index is 1080. The molecule has 3 rings (SSSR count). The van der Waals surface area contributed by atoms with E-state index in [0.29, 0.717) is 16.9 Å². The third kappa shape index (κ3) is 3.66. The Hall–Kier alpha value is -1.95. The van der Waals surface area contributed by atoms with Crippen LogP contribution in [0.25, 0.3) is 16.9 Å². The number of aromatic nitrogens is 4. The fourth-order valence-corrected chi connectivity index (χ4v) is 4.73. The summed E-state index contributed by atoms with van der Waals surface area (Å²) in [6, 6.07) is 5.81. The lowest BCUT2D eigenvalue weighted by atomic mass is 10.1. The van der Waals surface area contributed by atoms with Gasteiger partial charge in [-0.3, -0.25) is 14.7 Å². The van der Waals surface area contributed by atoms with Crippen LogP contribution in [0.4, 0.5) is 5.69 Å². The molecule has 0 fully saturated rings. The summed E-state index contributed by atoms with van der Waals surface area (Å²) in [5, 5.41) is 23.8. The average Bonchev–Trinajstić information content (AvgIpc) is 2.96. The molecule has 12 heteroatoms. The molecule has 1 aromatic carbocycles. The number of benzene rings is 1. The first-order valence-electron chi connectivity index (χ1n) is 8.38. The first kappa shape index (κ1) is 20.8. The Morgan fingerprint density at radius 2 is 1.79 bits per heavy atom. The zero-order chi connectivity index (χ0) is 20.5. The van der Waals surface area contributed by atoms with Gasteiger partial charge in [0.25, 0.3) is 5.69 Å². The van der Waals surface area contributed by atoms with Gasteiger partial charge in [0, 0.05) is 17.7 Å². The number of fused-ring (bicyclic) bond motifs is 1. The quantitative estimate of drug-likeness (QED) is 0.202. The highest BCUT2D eigenvalue weighted by Gasteiger charge is 2.35. The van der Waals surface area contributed by atoms with E-state index in [1.165, 1.54) is 16.6 Å². The Labute approximate surface area is 174 Å². The minimum absolute atomic E-state index is 0.0106. The first-order chi connectivity index (χ1) is 13.3. The fraction of sp³-hybridized carbons (Fsp3) is 0.312. The van der Waals surface area contributed by atoms with E-state index in [1.807, 2.05) is 6.92 Å². The Balaban J connectivity index is 2.34. The molecule has 0 atom stereocenters. The van der Waals surface area contributed by atoms with E-state index in [9.17, 15) is 14.7 Å². The maximum atomic E-state index is 13.4. The highest BCUT2D eigenvalue weighted by atomic mass is 127. The highest BCUT2D eigenvalue weighted by Crippen LogP contribution is 2.48. The predicted octanol–water partition coefficient (Wildman–Crippen LogP) is 3.50. The second-order valence-electron chi connectivity index (χ2n) is 5.64. The molecule has 0 saturated carbocycles. The molecule has 0 N–H and O–H groups in total. The van der Waals surface area contributed by atoms with Crippen molar-refractivity contribution in [3.63, 3.8) is 0 Å². The molecule has 0 unspecified atom stereocenters. The van der Waals surface area contributed by atoms with E-state index in [1.54, 1.807) is 26.0 Å². The molecule has 10 nitrogen and oxygen atoms in total. The van der Waals surface area contributed by atoms with Gasteiger partial charge >= 0.3 is 7.60 Å². The number of rotatable bonds is 7. The molecule has 2 aromatic heterocycles. The molecule has 0 aliphatic heterocycles. The smallest absolute Gasteiger partial charge is 0.304 e. The molecule has 0 amide bonds. The van der Waals surface area contributed by atoms with Crippen molar-refractivity contribution >= 4 is 47.0 Å². The van der Waals surface area contributed by atoms with Crippen molar-refractivity contribution in [2.45, 2.75) is 20.8 Å². The molecule has 28 heavy (non-hydrogen) atoms. The molecular formula is C16H17IN5O5P. The van der Waals surface area contributed by atoms with E-state index >= 15 is 0 Å². The van der Waals surface area contributed by atoms with Crippen molar-refractivity contribution in [2.75, 3.05) is 13.2 Å². The van der Waals surface area contributed by atoms with Gasteiger partial charge in [0.05, 0.1) is 27.4 Å². The molecular weight excluding hydrogens is 500 g/mol. The maximum Gasteiger partial charge on any atom is 0.383 e. The van der Waals surface area contributed by atoms with Gasteiger partial charge in [-0.25, -0.2) is 4.52 Å². The highest BCUT2D eigenvalue weighted by molar-refractivity contribution is 14.1. The van der Waals surface area contributed by atoms with E-state index in [2.05, 4.69) is 37.9 Å². The number of hydrogen-bond acceptors (Lipinski definition) is 8. The second-order valence-corrected chi connectivity index (χ2v) is 8.66. The average molecular weight is 517 g/mol. The molecule has 0 bridgehead atoms. The number of hydrogen-bond donors (Lipinski definition) is 0. The van der Waals surface area contributed by atoms with Gasteiger partial charge in [0.1, 0.15) is 5.69 Å². The topological polar surface area (TPSA) is 122 Å². The lowest BCUT2D eigenvalue weighted by Gasteiger charge is -2.19. The monoisotopic (exact) mass is 517 g/mol. The third-order valence-electron chi connectivity index (χ3n) is 3.84. The molecule has 0 aliphatic rings. The third-order valence-corrected chi connectivity index (χ3v) is 7.12. The van der Waals surface area contributed by atoms with E-state index in [0.717, 1.165) is 9.26 Å². The molecule has 2 heterocycles. The number of non-ortho nitro benzene ring substituents is 1. The molecule has 3 aromatic rings.